The highest BCUT2D eigenvalue weighted by Crippen LogP contribution is 2.37. The van der Waals surface area contributed by atoms with Crippen molar-refractivity contribution in [2.24, 2.45) is 5.92 Å². The molecule has 4 N–H and O–H groups in total. The van der Waals surface area contributed by atoms with Crippen molar-refractivity contribution in [3.8, 4) is 11.5 Å². The number of fused-ring (bicyclic) bond motifs is 2. The van der Waals surface area contributed by atoms with Crippen molar-refractivity contribution in [1.82, 2.24) is 14.9 Å². The standard InChI is InChI=1S/C28H31N3O2.C2H2O4/c1-4-24-22(10-13-29-24)26(6-1)32-17-3-14-31-15-11-21(12-16-31)23-18-30-25-5-2-7-27(28(23)25)33-19-20-8-9-20;3-1(4)2(5)6/h1-2,4-7,10-11,13,18,20,29-30H,3,8-9,12,14-17,19H2;(H,3,4)(H,5,6). The Balaban J connectivity index is 0.000000465. The van der Waals surface area contributed by atoms with Gasteiger partial charge in [-0.2, -0.15) is 0 Å². The van der Waals surface area contributed by atoms with E-state index in [0.717, 1.165) is 79.5 Å². The van der Waals surface area contributed by atoms with Crippen LogP contribution in [0, 0.1) is 5.92 Å². The van der Waals surface area contributed by atoms with E-state index >= 15 is 0 Å². The van der Waals surface area contributed by atoms with E-state index in [9.17, 15) is 0 Å². The zero-order valence-corrected chi connectivity index (χ0v) is 21.7. The van der Waals surface area contributed by atoms with Gasteiger partial charge in [0.2, 0.25) is 0 Å². The van der Waals surface area contributed by atoms with Gasteiger partial charge < -0.3 is 29.7 Å². The van der Waals surface area contributed by atoms with Crippen molar-refractivity contribution < 1.29 is 29.3 Å². The first-order valence-electron chi connectivity index (χ1n) is 13.3. The summed E-state index contributed by atoms with van der Waals surface area (Å²) in [6, 6.07) is 14.6. The number of hydrogen-bond donors (Lipinski definition) is 4. The Hall–Kier alpha value is -4.24. The summed E-state index contributed by atoms with van der Waals surface area (Å²) in [7, 11) is 0. The summed E-state index contributed by atoms with van der Waals surface area (Å²) >= 11 is 0. The molecule has 0 saturated heterocycles. The van der Waals surface area contributed by atoms with E-state index in [4.69, 9.17) is 29.3 Å². The molecule has 0 spiro atoms. The van der Waals surface area contributed by atoms with Crippen LogP contribution in [0.1, 0.15) is 31.2 Å². The van der Waals surface area contributed by atoms with Crippen molar-refractivity contribution in [1.29, 1.82) is 0 Å². The first-order chi connectivity index (χ1) is 19.0. The molecule has 0 bridgehead atoms. The van der Waals surface area contributed by atoms with Gasteiger partial charge in [0.1, 0.15) is 11.5 Å². The van der Waals surface area contributed by atoms with Gasteiger partial charge in [0.25, 0.3) is 0 Å². The van der Waals surface area contributed by atoms with Crippen LogP contribution in [0.25, 0.3) is 27.4 Å². The van der Waals surface area contributed by atoms with Gasteiger partial charge >= 0.3 is 11.9 Å². The summed E-state index contributed by atoms with van der Waals surface area (Å²) in [4.78, 5) is 27.4. The first-order valence-corrected chi connectivity index (χ1v) is 13.3. The summed E-state index contributed by atoms with van der Waals surface area (Å²) in [6.07, 6.45) is 11.2. The Morgan fingerprint density at radius 3 is 2.44 bits per heavy atom. The maximum atomic E-state index is 9.10. The lowest BCUT2D eigenvalue weighted by atomic mass is 9.98. The van der Waals surface area contributed by atoms with Crippen LogP contribution in [0.15, 0.2) is 60.9 Å². The van der Waals surface area contributed by atoms with Crippen LogP contribution in [-0.4, -0.2) is 69.9 Å². The molecule has 2 aromatic heterocycles. The van der Waals surface area contributed by atoms with Crippen molar-refractivity contribution in [2.45, 2.75) is 25.7 Å². The van der Waals surface area contributed by atoms with Gasteiger partial charge in [0.15, 0.2) is 0 Å². The quantitative estimate of drug-likeness (QED) is 0.174. The average Bonchev–Trinajstić information content (AvgIpc) is 3.46. The van der Waals surface area contributed by atoms with Crippen LogP contribution in [0.2, 0.25) is 0 Å². The Labute approximate surface area is 226 Å². The minimum absolute atomic E-state index is 0.738. The predicted molar refractivity (Wildman–Crippen MR) is 149 cm³/mol. The molecule has 0 unspecified atom stereocenters. The molecule has 4 aromatic rings. The number of H-pyrrole nitrogens is 2. The van der Waals surface area contributed by atoms with Crippen LogP contribution < -0.4 is 9.47 Å². The molecule has 2 aromatic carbocycles. The van der Waals surface area contributed by atoms with Crippen molar-refractivity contribution >= 4 is 39.3 Å². The highest BCUT2D eigenvalue weighted by molar-refractivity contribution is 6.27. The largest absolute Gasteiger partial charge is 0.493 e. The number of aromatic nitrogens is 2. The van der Waals surface area contributed by atoms with Gasteiger partial charge in [0.05, 0.1) is 13.2 Å². The molecule has 1 fully saturated rings. The molecule has 6 rings (SSSR count). The maximum absolute atomic E-state index is 9.10. The van der Waals surface area contributed by atoms with Gasteiger partial charge in [-0.25, -0.2) is 9.59 Å². The van der Waals surface area contributed by atoms with E-state index in [1.807, 2.05) is 12.3 Å². The molecule has 0 amide bonds. The summed E-state index contributed by atoms with van der Waals surface area (Å²) in [5, 5.41) is 17.2. The first kappa shape index (κ1) is 26.4. The molecule has 2 aliphatic rings. The Morgan fingerprint density at radius 1 is 0.949 bits per heavy atom. The summed E-state index contributed by atoms with van der Waals surface area (Å²) in [6.45, 7) is 4.70. The molecule has 3 heterocycles. The summed E-state index contributed by atoms with van der Waals surface area (Å²) < 4.78 is 12.3. The lowest BCUT2D eigenvalue weighted by Gasteiger charge is -2.26. The number of aromatic amines is 2. The fourth-order valence-corrected chi connectivity index (χ4v) is 4.83. The lowest BCUT2D eigenvalue weighted by molar-refractivity contribution is -0.159. The van der Waals surface area contributed by atoms with Gasteiger partial charge in [-0.3, -0.25) is 4.90 Å². The Morgan fingerprint density at radius 2 is 1.72 bits per heavy atom. The highest BCUT2D eigenvalue weighted by Gasteiger charge is 2.23. The van der Waals surface area contributed by atoms with E-state index in [1.165, 1.54) is 29.4 Å². The van der Waals surface area contributed by atoms with Crippen LogP contribution >= 0.6 is 0 Å². The number of nitrogens with one attached hydrogen (secondary N) is 2. The van der Waals surface area contributed by atoms with Gasteiger partial charge in [0, 0.05) is 59.4 Å². The van der Waals surface area contributed by atoms with Crippen LogP contribution in [0.5, 0.6) is 11.5 Å². The third-order valence-electron chi connectivity index (χ3n) is 7.09. The molecule has 0 radical (unpaired) electrons. The number of aliphatic carboxylic acids is 2. The van der Waals surface area contributed by atoms with Crippen LogP contribution in [0.3, 0.4) is 0 Å². The highest BCUT2D eigenvalue weighted by atomic mass is 16.5. The minimum atomic E-state index is -1.82. The van der Waals surface area contributed by atoms with Crippen molar-refractivity contribution in [3.05, 3.63) is 66.5 Å². The van der Waals surface area contributed by atoms with E-state index in [1.54, 1.807) is 0 Å². The van der Waals surface area contributed by atoms with Gasteiger partial charge in [-0.15, -0.1) is 0 Å². The fraction of sp³-hybridized carbons (Fsp3) is 0.333. The minimum Gasteiger partial charge on any atom is -0.493 e. The number of carbonyl (C=O) groups is 2. The second-order valence-corrected chi connectivity index (χ2v) is 9.92. The number of nitrogens with zero attached hydrogens (tertiary/aromatic N) is 1. The SMILES string of the molecule is C1=C(c2c[nH]c3cccc(OCC4CC4)c23)CCN(CCCOc2cccc3[nH]ccc23)C1.O=C(O)C(=O)O. The second kappa shape index (κ2) is 12.1. The van der Waals surface area contributed by atoms with Crippen molar-refractivity contribution in [2.75, 3.05) is 32.8 Å². The molecule has 1 aliphatic carbocycles. The molecule has 0 atom stereocenters. The normalized spacial score (nSPS) is 15.4. The monoisotopic (exact) mass is 531 g/mol. The average molecular weight is 532 g/mol. The van der Waals surface area contributed by atoms with Gasteiger partial charge in [-0.05, 0) is 67.5 Å². The van der Waals surface area contributed by atoms with E-state index in [-0.39, 0.29) is 0 Å². The molecular weight excluding hydrogens is 498 g/mol. The smallest absolute Gasteiger partial charge is 0.414 e. The number of carboxylic acid groups (broad SMARTS) is 2. The van der Waals surface area contributed by atoms with Crippen LogP contribution in [-0.2, 0) is 9.59 Å². The molecule has 204 valence electrons. The van der Waals surface area contributed by atoms with E-state index in [2.05, 4.69) is 63.5 Å². The zero-order chi connectivity index (χ0) is 27.2. The van der Waals surface area contributed by atoms with Gasteiger partial charge in [-0.1, -0.05) is 18.2 Å². The van der Waals surface area contributed by atoms with E-state index < -0.39 is 11.9 Å². The Kier molecular flexibility index (Phi) is 8.17. The van der Waals surface area contributed by atoms with Crippen LogP contribution in [0.4, 0.5) is 0 Å². The summed E-state index contributed by atoms with van der Waals surface area (Å²) in [5.41, 5.74) is 5.02. The zero-order valence-electron chi connectivity index (χ0n) is 21.7. The Bertz CT molecular complexity index is 1470. The number of carboxylic acids is 2. The predicted octanol–water partition coefficient (Wildman–Crippen LogP) is 5.15. The molecule has 39 heavy (non-hydrogen) atoms. The fourth-order valence-electron chi connectivity index (χ4n) is 4.83. The summed E-state index contributed by atoms with van der Waals surface area (Å²) in [5.74, 6) is -0.905. The number of hydrogen-bond acceptors (Lipinski definition) is 5. The second-order valence-electron chi connectivity index (χ2n) is 9.92. The molecular formula is C30H33N3O6. The topological polar surface area (TPSA) is 128 Å². The third-order valence-corrected chi connectivity index (χ3v) is 7.09. The molecule has 9 nitrogen and oxygen atoms in total. The number of benzene rings is 2. The molecule has 1 aliphatic heterocycles. The van der Waals surface area contributed by atoms with Crippen molar-refractivity contribution in [3.63, 3.8) is 0 Å². The number of rotatable bonds is 9. The van der Waals surface area contributed by atoms with E-state index in [0.29, 0.717) is 0 Å². The molecule has 9 heteroatoms. The molecule has 1 saturated carbocycles. The number of ether oxygens (including phenoxy) is 2. The lowest BCUT2D eigenvalue weighted by Crippen LogP contribution is -2.30. The maximum Gasteiger partial charge on any atom is 0.414 e. The third kappa shape index (κ3) is 6.61.